The molecule has 0 aliphatic rings. The molecule has 3 N–H and O–H groups in total. The second kappa shape index (κ2) is 6.82. The maximum atomic E-state index is 8.79. The summed E-state index contributed by atoms with van der Waals surface area (Å²) < 4.78 is 5.69. The van der Waals surface area contributed by atoms with E-state index in [4.69, 9.17) is 27.3 Å². The molecule has 2 aromatic rings. The zero-order chi connectivity index (χ0) is 14.4. The first kappa shape index (κ1) is 14.2. The Hall–Kier alpha value is -2.20. The molecule has 4 nitrogen and oxygen atoms in total. The lowest BCUT2D eigenvalue weighted by molar-refractivity contribution is 0.313. The standard InChI is InChI=1S/C15H15ClN2O2/c16-12-7-4-8-13(14(12)15(17)18-19)20-10-9-11-5-2-1-3-6-11/h1-8,19H,9-10H2,(H2,17,18). The van der Waals surface area contributed by atoms with Gasteiger partial charge in [-0.1, -0.05) is 53.2 Å². The van der Waals surface area contributed by atoms with Crippen molar-refractivity contribution in [3.8, 4) is 5.75 Å². The summed E-state index contributed by atoms with van der Waals surface area (Å²) in [5.41, 5.74) is 7.20. The van der Waals surface area contributed by atoms with E-state index in [1.807, 2.05) is 30.3 Å². The first-order chi connectivity index (χ1) is 9.72. The first-order valence-electron chi connectivity index (χ1n) is 6.15. The molecule has 2 rings (SSSR count). The first-order valence-corrected chi connectivity index (χ1v) is 6.53. The van der Waals surface area contributed by atoms with Crippen LogP contribution in [0.2, 0.25) is 5.02 Å². The maximum absolute atomic E-state index is 8.79. The number of halogens is 1. The second-order valence-corrected chi connectivity index (χ2v) is 4.59. The molecular formula is C15H15ClN2O2. The van der Waals surface area contributed by atoms with Crippen LogP contribution in [0.4, 0.5) is 0 Å². The van der Waals surface area contributed by atoms with E-state index in [1.54, 1.807) is 18.2 Å². The summed E-state index contributed by atoms with van der Waals surface area (Å²) in [6, 6.07) is 15.2. The highest BCUT2D eigenvalue weighted by Gasteiger charge is 2.12. The highest BCUT2D eigenvalue weighted by molar-refractivity contribution is 6.34. The smallest absolute Gasteiger partial charge is 0.175 e. The van der Waals surface area contributed by atoms with Gasteiger partial charge in [0.05, 0.1) is 17.2 Å². The molecule has 20 heavy (non-hydrogen) atoms. The Bertz CT molecular complexity index is 600. The van der Waals surface area contributed by atoms with Gasteiger partial charge in [-0.2, -0.15) is 0 Å². The van der Waals surface area contributed by atoms with Crippen LogP contribution in [0.25, 0.3) is 0 Å². The predicted octanol–water partition coefficient (Wildman–Crippen LogP) is 3.06. The van der Waals surface area contributed by atoms with Crippen LogP contribution in [0.1, 0.15) is 11.1 Å². The largest absolute Gasteiger partial charge is 0.492 e. The number of amidine groups is 1. The van der Waals surface area contributed by atoms with Gasteiger partial charge in [0, 0.05) is 6.42 Å². The third kappa shape index (κ3) is 3.42. The zero-order valence-electron chi connectivity index (χ0n) is 10.8. The Morgan fingerprint density at radius 1 is 1.15 bits per heavy atom. The maximum Gasteiger partial charge on any atom is 0.175 e. The molecule has 0 saturated carbocycles. The third-order valence-corrected chi connectivity index (χ3v) is 3.15. The van der Waals surface area contributed by atoms with Crippen LogP contribution in [0.15, 0.2) is 53.7 Å². The van der Waals surface area contributed by atoms with E-state index < -0.39 is 0 Å². The molecule has 0 aromatic heterocycles. The fraction of sp³-hybridized carbons (Fsp3) is 0.133. The monoisotopic (exact) mass is 290 g/mol. The lowest BCUT2D eigenvalue weighted by Crippen LogP contribution is -2.16. The molecule has 0 radical (unpaired) electrons. The van der Waals surface area contributed by atoms with Gasteiger partial charge in [-0.3, -0.25) is 0 Å². The lowest BCUT2D eigenvalue weighted by atomic mass is 10.1. The van der Waals surface area contributed by atoms with Gasteiger partial charge in [-0.25, -0.2) is 0 Å². The van der Waals surface area contributed by atoms with E-state index in [9.17, 15) is 0 Å². The molecule has 0 spiro atoms. The Morgan fingerprint density at radius 2 is 1.90 bits per heavy atom. The highest BCUT2D eigenvalue weighted by atomic mass is 35.5. The number of nitrogens with two attached hydrogens (primary N) is 1. The van der Waals surface area contributed by atoms with Crippen LogP contribution in [0.3, 0.4) is 0 Å². The summed E-state index contributed by atoms with van der Waals surface area (Å²) in [6.45, 7) is 0.482. The summed E-state index contributed by atoms with van der Waals surface area (Å²) in [5.74, 6) is 0.439. The molecule has 0 aliphatic heterocycles. The van der Waals surface area contributed by atoms with E-state index in [0.717, 1.165) is 6.42 Å². The molecule has 0 bridgehead atoms. The van der Waals surface area contributed by atoms with Gasteiger partial charge in [-0.05, 0) is 17.7 Å². The molecular weight excluding hydrogens is 276 g/mol. The van der Waals surface area contributed by atoms with Gasteiger partial charge < -0.3 is 15.7 Å². The van der Waals surface area contributed by atoms with Gasteiger partial charge in [0.25, 0.3) is 0 Å². The van der Waals surface area contributed by atoms with Gasteiger partial charge in [0.15, 0.2) is 5.84 Å². The summed E-state index contributed by atoms with van der Waals surface area (Å²) in [7, 11) is 0. The molecule has 0 fully saturated rings. The van der Waals surface area contributed by atoms with Gasteiger partial charge >= 0.3 is 0 Å². The minimum atomic E-state index is -0.0645. The second-order valence-electron chi connectivity index (χ2n) is 4.18. The number of hydrogen-bond acceptors (Lipinski definition) is 3. The van der Waals surface area contributed by atoms with Crippen LogP contribution in [-0.4, -0.2) is 17.6 Å². The zero-order valence-corrected chi connectivity index (χ0v) is 11.5. The molecule has 5 heteroatoms. The lowest BCUT2D eigenvalue weighted by Gasteiger charge is -2.12. The van der Waals surface area contributed by atoms with Crippen molar-refractivity contribution in [3.05, 3.63) is 64.7 Å². The van der Waals surface area contributed by atoms with E-state index in [2.05, 4.69) is 5.16 Å². The number of benzene rings is 2. The normalized spacial score (nSPS) is 11.3. The fourth-order valence-corrected chi connectivity index (χ4v) is 2.11. The van der Waals surface area contributed by atoms with Crippen LogP contribution < -0.4 is 10.5 Å². The average molecular weight is 291 g/mol. The van der Waals surface area contributed by atoms with Gasteiger partial charge in [-0.15, -0.1) is 0 Å². The van der Waals surface area contributed by atoms with E-state index in [-0.39, 0.29) is 5.84 Å². The minimum absolute atomic E-state index is 0.0645. The Morgan fingerprint density at radius 3 is 2.60 bits per heavy atom. The molecule has 104 valence electrons. The van der Waals surface area contributed by atoms with E-state index in [1.165, 1.54) is 5.56 Å². The molecule has 0 amide bonds. The van der Waals surface area contributed by atoms with Crippen LogP contribution >= 0.6 is 11.6 Å². The number of rotatable bonds is 5. The van der Waals surface area contributed by atoms with Crippen LogP contribution in [0.5, 0.6) is 5.75 Å². The highest BCUT2D eigenvalue weighted by Crippen LogP contribution is 2.26. The van der Waals surface area contributed by atoms with Crippen LogP contribution in [-0.2, 0) is 6.42 Å². The Labute approximate surface area is 122 Å². The number of oxime groups is 1. The number of nitrogens with zero attached hydrogens (tertiary/aromatic N) is 1. The molecule has 0 heterocycles. The van der Waals surface area contributed by atoms with Crippen molar-refractivity contribution in [2.75, 3.05) is 6.61 Å². The van der Waals surface area contributed by atoms with Crippen molar-refractivity contribution in [2.45, 2.75) is 6.42 Å². The van der Waals surface area contributed by atoms with Crippen molar-refractivity contribution < 1.29 is 9.94 Å². The average Bonchev–Trinajstić information content (AvgIpc) is 2.48. The summed E-state index contributed by atoms with van der Waals surface area (Å²) >= 11 is 6.05. The molecule has 0 aliphatic carbocycles. The Balaban J connectivity index is 2.08. The van der Waals surface area contributed by atoms with Crippen molar-refractivity contribution >= 4 is 17.4 Å². The van der Waals surface area contributed by atoms with E-state index in [0.29, 0.717) is 22.9 Å². The molecule has 2 aromatic carbocycles. The fourth-order valence-electron chi connectivity index (χ4n) is 1.85. The van der Waals surface area contributed by atoms with Gasteiger partial charge in [0.2, 0.25) is 0 Å². The van der Waals surface area contributed by atoms with Crippen molar-refractivity contribution in [1.82, 2.24) is 0 Å². The SMILES string of the molecule is N/C(=N/O)c1c(Cl)cccc1OCCc1ccccc1. The van der Waals surface area contributed by atoms with Gasteiger partial charge in [0.1, 0.15) is 5.75 Å². The third-order valence-electron chi connectivity index (χ3n) is 2.83. The quantitative estimate of drug-likeness (QED) is 0.385. The van der Waals surface area contributed by atoms with Crippen LogP contribution in [0, 0.1) is 0 Å². The summed E-state index contributed by atoms with van der Waals surface area (Å²) in [4.78, 5) is 0. The molecule has 0 unspecified atom stereocenters. The summed E-state index contributed by atoms with van der Waals surface area (Å²) in [6.07, 6.45) is 0.767. The molecule has 0 saturated heterocycles. The molecule has 0 atom stereocenters. The minimum Gasteiger partial charge on any atom is -0.492 e. The van der Waals surface area contributed by atoms with Crippen molar-refractivity contribution in [2.24, 2.45) is 10.9 Å². The van der Waals surface area contributed by atoms with E-state index >= 15 is 0 Å². The topological polar surface area (TPSA) is 67.8 Å². The summed E-state index contributed by atoms with van der Waals surface area (Å²) in [5, 5.41) is 12.2. The Kier molecular flexibility index (Phi) is 4.85. The predicted molar refractivity (Wildman–Crippen MR) is 79.6 cm³/mol. The number of ether oxygens (including phenoxy) is 1. The number of hydrogen-bond donors (Lipinski definition) is 2. The van der Waals surface area contributed by atoms with Crippen molar-refractivity contribution in [1.29, 1.82) is 0 Å². The van der Waals surface area contributed by atoms with Crippen molar-refractivity contribution in [3.63, 3.8) is 0 Å².